The van der Waals surface area contributed by atoms with Crippen LogP contribution in [0.25, 0.3) is 0 Å². The van der Waals surface area contributed by atoms with E-state index >= 15 is 0 Å². The summed E-state index contributed by atoms with van der Waals surface area (Å²) in [7, 11) is 0. The number of amides is 1. The van der Waals surface area contributed by atoms with Crippen LogP contribution >= 0.6 is 0 Å². The highest BCUT2D eigenvalue weighted by Gasteiger charge is 2.22. The second-order valence-electron chi connectivity index (χ2n) is 6.85. The van der Waals surface area contributed by atoms with Crippen molar-refractivity contribution in [1.82, 2.24) is 15.3 Å². The number of rotatable bonds is 8. The number of aryl methyl sites for hydroxylation is 1. The summed E-state index contributed by atoms with van der Waals surface area (Å²) in [6.45, 7) is 5.10. The molecule has 1 amide bonds. The molecule has 1 unspecified atom stereocenters. The minimum Gasteiger partial charge on any atom is -0.471 e. The third-order valence-corrected chi connectivity index (χ3v) is 3.78. The Morgan fingerprint density at radius 3 is 2.57 bits per heavy atom. The molecular formula is C20H23F2N3O3. The van der Waals surface area contributed by atoms with Crippen LogP contribution < -0.4 is 10.1 Å². The number of halogens is 2. The first-order valence-corrected chi connectivity index (χ1v) is 8.78. The molecule has 1 N–H and O–H groups in total. The SMILES string of the molecule is CC(=O)Cc1cc(C(C)NC(=O)c2ccc(OCC(C)(F)F)nc2)cc(C)n1. The fraction of sp³-hybridized carbons (Fsp3) is 0.400. The van der Waals surface area contributed by atoms with Gasteiger partial charge in [0.25, 0.3) is 11.8 Å². The molecule has 2 aromatic rings. The number of ketones is 1. The van der Waals surface area contributed by atoms with Crippen LogP contribution in [0.5, 0.6) is 5.88 Å². The number of aromatic nitrogens is 2. The molecule has 8 heteroatoms. The van der Waals surface area contributed by atoms with Gasteiger partial charge in [0.2, 0.25) is 5.88 Å². The van der Waals surface area contributed by atoms with E-state index in [0.717, 1.165) is 18.2 Å². The smallest absolute Gasteiger partial charge is 0.278 e. The van der Waals surface area contributed by atoms with Gasteiger partial charge in [-0.2, -0.15) is 0 Å². The Morgan fingerprint density at radius 2 is 2.00 bits per heavy atom. The van der Waals surface area contributed by atoms with Gasteiger partial charge in [-0.3, -0.25) is 14.6 Å². The number of nitrogens with one attached hydrogen (secondary N) is 1. The van der Waals surface area contributed by atoms with Gasteiger partial charge >= 0.3 is 0 Å². The van der Waals surface area contributed by atoms with E-state index in [9.17, 15) is 18.4 Å². The Balaban J connectivity index is 2.04. The van der Waals surface area contributed by atoms with Gasteiger partial charge in [0.05, 0.1) is 11.6 Å². The van der Waals surface area contributed by atoms with Gasteiger partial charge in [-0.15, -0.1) is 0 Å². The van der Waals surface area contributed by atoms with Gasteiger partial charge in [0, 0.05) is 37.0 Å². The lowest BCUT2D eigenvalue weighted by molar-refractivity contribution is -0.116. The molecule has 6 nitrogen and oxygen atoms in total. The van der Waals surface area contributed by atoms with Crippen molar-refractivity contribution in [3.63, 3.8) is 0 Å². The van der Waals surface area contributed by atoms with Crippen molar-refractivity contribution < 1.29 is 23.1 Å². The second-order valence-corrected chi connectivity index (χ2v) is 6.85. The van der Waals surface area contributed by atoms with Crippen LogP contribution in [0.4, 0.5) is 8.78 Å². The average Bonchev–Trinajstić information content (AvgIpc) is 2.58. The summed E-state index contributed by atoms with van der Waals surface area (Å²) in [5.41, 5.74) is 2.51. The Hall–Kier alpha value is -2.90. The van der Waals surface area contributed by atoms with E-state index in [1.54, 1.807) is 6.07 Å². The number of pyridine rings is 2. The van der Waals surface area contributed by atoms with Crippen molar-refractivity contribution in [3.8, 4) is 5.88 Å². The molecule has 0 radical (unpaired) electrons. The lowest BCUT2D eigenvalue weighted by atomic mass is 10.1. The third kappa shape index (κ3) is 6.68. The molecule has 150 valence electrons. The molecule has 0 spiro atoms. The molecule has 0 fully saturated rings. The highest BCUT2D eigenvalue weighted by molar-refractivity contribution is 5.94. The van der Waals surface area contributed by atoms with Crippen LogP contribution in [0.2, 0.25) is 0 Å². The Morgan fingerprint density at radius 1 is 1.29 bits per heavy atom. The summed E-state index contributed by atoms with van der Waals surface area (Å²) in [6, 6.07) is 6.13. The number of carbonyl (C=O) groups excluding carboxylic acids is 2. The van der Waals surface area contributed by atoms with E-state index < -0.39 is 12.5 Å². The molecule has 2 rings (SSSR count). The van der Waals surface area contributed by atoms with Crippen LogP contribution in [-0.4, -0.2) is 34.2 Å². The van der Waals surface area contributed by atoms with Crippen molar-refractivity contribution in [3.05, 3.63) is 53.0 Å². The van der Waals surface area contributed by atoms with Crippen molar-refractivity contribution in [2.24, 2.45) is 0 Å². The van der Waals surface area contributed by atoms with E-state index in [2.05, 4.69) is 15.3 Å². The molecule has 0 aliphatic rings. The van der Waals surface area contributed by atoms with E-state index in [4.69, 9.17) is 4.74 Å². The Labute approximate surface area is 162 Å². The third-order valence-electron chi connectivity index (χ3n) is 3.78. The molecule has 2 aromatic heterocycles. The maximum Gasteiger partial charge on any atom is 0.278 e. The van der Waals surface area contributed by atoms with Crippen LogP contribution in [0.1, 0.15) is 54.1 Å². The molecule has 0 aliphatic carbocycles. The van der Waals surface area contributed by atoms with Crippen LogP contribution in [-0.2, 0) is 11.2 Å². The standard InChI is InChI=1S/C20H23F2N3O3/c1-12-7-16(9-17(24-12)8-13(2)26)14(3)25-19(27)15-5-6-18(23-10-15)28-11-20(4,21)22/h5-7,9-10,14H,8,11H2,1-4H3,(H,25,27). The summed E-state index contributed by atoms with van der Waals surface area (Å²) < 4.78 is 30.5. The quantitative estimate of drug-likeness (QED) is 0.746. The predicted octanol–water partition coefficient (Wildman–Crippen LogP) is 3.44. The molecule has 0 saturated heterocycles. The summed E-state index contributed by atoms with van der Waals surface area (Å²) in [5.74, 6) is -3.30. The first kappa shape index (κ1) is 21.4. The fourth-order valence-electron chi connectivity index (χ4n) is 2.53. The topological polar surface area (TPSA) is 81.2 Å². The van der Waals surface area contributed by atoms with E-state index in [1.807, 2.05) is 19.9 Å². The van der Waals surface area contributed by atoms with Crippen molar-refractivity contribution >= 4 is 11.7 Å². The predicted molar refractivity (Wildman–Crippen MR) is 99.6 cm³/mol. The van der Waals surface area contributed by atoms with Gasteiger partial charge in [0.15, 0.2) is 6.61 Å². The Kier molecular flexibility index (Phi) is 6.77. The van der Waals surface area contributed by atoms with Crippen molar-refractivity contribution in [2.75, 3.05) is 6.61 Å². The molecule has 28 heavy (non-hydrogen) atoms. The zero-order valence-corrected chi connectivity index (χ0v) is 16.3. The van der Waals surface area contributed by atoms with Gasteiger partial charge in [-0.25, -0.2) is 13.8 Å². The highest BCUT2D eigenvalue weighted by Crippen LogP contribution is 2.18. The van der Waals surface area contributed by atoms with E-state index in [-0.39, 0.29) is 35.6 Å². The first-order valence-electron chi connectivity index (χ1n) is 8.78. The summed E-state index contributed by atoms with van der Waals surface area (Å²) in [6.07, 6.45) is 1.50. The van der Waals surface area contributed by atoms with Gasteiger partial charge in [-0.1, -0.05) is 0 Å². The molecule has 0 saturated carbocycles. The first-order chi connectivity index (χ1) is 13.0. The molecule has 0 aliphatic heterocycles. The van der Waals surface area contributed by atoms with Crippen LogP contribution in [0, 0.1) is 6.92 Å². The Bertz CT molecular complexity index is 849. The normalized spacial score (nSPS) is 12.4. The van der Waals surface area contributed by atoms with Crippen molar-refractivity contribution in [1.29, 1.82) is 0 Å². The van der Waals surface area contributed by atoms with Crippen molar-refractivity contribution in [2.45, 2.75) is 46.1 Å². The minimum absolute atomic E-state index is 0.00922. The second kappa shape index (κ2) is 8.86. The monoisotopic (exact) mass is 391 g/mol. The molecule has 1 atom stereocenters. The molecular weight excluding hydrogens is 368 g/mol. The lowest BCUT2D eigenvalue weighted by Gasteiger charge is -2.16. The number of hydrogen-bond donors (Lipinski definition) is 1. The molecule has 0 bridgehead atoms. The average molecular weight is 391 g/mol. The number of carbonyl (C=O) groups is 2. The maximum absolute atomic E-state index is 12.8. The fourth-order valence-corrected chi connectivity index (χ4v) is 2.53. The van der Waals surface area contributed by atoms with Crippen LogP contribution in [0.3, 0.4) is 0 Å². The summed E-state index contributed by atoms with van der Waals surface area (Å²) in [4.78, 5) is 32.0. The van der Waals surface area contributed by atoms with Gasteiger partial charge in [0.1, 0.15) is 5.78 Å². The van der Waals surface area contributed by atoms with Gasteiger partial charge in [-0.05, 0) is 44.5 Å². The zero-order chi connectivity index (χ0) is 20.9. The number of hydrogen-bond acceptors (Lipinski definition) is 5. The molecule has 2 heterocycles. The number of Topliss-reactive ketones (excluding diaryl/α,β-unsaturated/α-hetero) is 1. The largest absolute Gasteiger partial charge is 0.471 e. The lowest BCUT2D eigenvalue weighted by Crippen LogP contribution is -2.27. The maximum atomic E-state index is 12.8. The highest BCUT2D eigenvalue weighted by atomic mass is 19.3. The number of nitrogens with zero attached hydrogens (tertiary/aromatic N) is 2. The number of ether oxygens (including phenoxy) is 1. The molecule has 0 aromatic carbocycles. The summed E-state index contributed by atoms with van der Waals surface area (Å²) in [5, 5.41) is 2.84. The van der Waals surface area contributed by atoms with E-state index in [0.29, 0.717) is 5.69 Å². The minimum atomic E-state index is -2.96. The number of alkyl halides is 2. The van der Waals surface area contributed by atoms with E-state index in [1.165, 1.54) is 25.3 Å². The zero-order valence-electron chi connectivity index (χ0n) is 16.3. The van der Waals surface area contributed by atoms with Crippen LogP contribution in [0.15, 0.2) is 30.5 Å². The summed E-state index contributed by atoms with van der Waals surface area (Å²) >= 11 is 0. The van der Waals surface area contributed by atoms with Gasteiger partial charge < -0.3 is 10.1 Å².